The van der Waals surface area contributed by atoms with Gasteiger partial charge in [-0.2, -0.15) is 0 Å². The second-order valence-electron chi connectivity index (χ2n) is 5.13. The highest BCUT2D eigenvalue weighted by Crippen LogP contribution is 2.25. The van der Waals surface area contributed by atoms with Crippen LogP contribution in [-0.4, -0.2) is 28.8 Å². The molecular weight excluding hydrogens is 352 g/mol. The van der Waals surface area contributed by atoms with Crippen molar-refractivity contribution in [2.45, 2.75) is 6.92 Å². The number of hydrogen-bond donors (Lipinski definition) is 0. The molecule has 10 heteroatoms. The minimum absolute atomic E-state index is 0.681. The molecule has 132 valence electrons. The first-order chi connectivity index (χ1) is 11.1. The Balaban J connectivity index is 0.000000413. The van der Waals surface area contributed by atoms with Gasteiger partial charge in [0.25, 0.3) is 10.1 Å². The van der Waals surface area contributed by atoms with E-state index in [0.29, 0.717) is 6.26 Å². The van der Waals surface area contributed by atoms with Crippen molar-refractivity contribution in [3.05, 3.63) is 35.3 Å². The average molecular weight is 372 g/mol. The van der Waals surface area contributed by atoms with Gasteiger partial charge in [-0.1, -0.05) is 0 Å². The van der Waals surface area contributed by atoms with Crippen LogP contribution in [0.4, 0.5) is 16.5 Å². The van der Waals surface area contributed by atoms with Gasteiger partial charge in [-0.25, -0.2) is 13.0 Å². The van der Waals surface area contributed by atoms with Gasteiger partial charge in [0.05, 0.1) is 18.4 Å². The van der Waals surface area contributed by atoms with Crippen molar-refractivity contribution in [3.63, 3.8) is 0 Å². The first-order valence-electron chi connectivity index (χ1n) is 6.78. The largest absolute Gasteiger partial charge is 0.707 e. The SMILES string of the molecule is CS(=O)(=O)O[O-].Cc1cc(N(C)C)ccc1N=Nc1scc[n+]1C. The van der Waals surface area contributed by atoms with Crippen molar-refractivity contribution in [2.75, 3.05) is 25.3 Å². The molecule has 24 heavy (non-hydrogen) atoms. The van der Waals surface area contributed by atoms with Gasteiger partial charge in [0.15, 0.2) is 0 Å². The molecule has 0 atom stereocenters. The van der Waals surface area contributed by atoms with E-state index in [0.717, 1.165) is 16.4 Å². The summed E-state index contributed by atoms with van der Waals surface area (Å²) >= 11 is 1.58. The Labute approximate surface area is 145 Å². The summed E-state index contributed by atoms with van der Waals surface area (Å²) in [7, 11) is 2.31. The Morgan fingerprint density at radius 2 is 1.92 bits per heavy atom. The molecular formula is C14H20N4O4S2. The molecule has 0 bridgehead atoms. The van der Waals surface area contributed by atoms with Crippen molar-refractivity contribution in [2.24, 2.45) is 17.3 Å². The Morgan fingerprint density at radius 3 is 2.33 bits per heavy atom. The van der Waals surface area contributed by atoms with E-state index in [-0.39, 0.29) is 0 Å². The number of aromatic nitrogens is 1. The van der Waals surface area contributed by atoms with Gasteiger partial charge in [-0.3, -0.25) is 0 Å². The van der Waals surface area contributed by atoms with Crippen LogP contribution in [0, 0.1) is 6.92 Å². The zero-order valence-corrected chi connectivity index (χ0v) is 15.8. The summed E-state index contributed by atoms with van der Waals surface area (Å²) in [5.74, 6) is 0. The number of nitrogens with zero attached hydrogens (tertiary/aromatic N) is 4. The topological polar surface area (TPSA) is 98.3 Å². The van der Waals surface area contributed by atoms with E-state index in [1.54, 1.807) is 11.3 Å². The molecule has 0 aliphatic heterocycles. The highest BCUT2D eigenvalue weighted by atomic mass is 32.2. The molecule has 0 saturated carbocycles. The van der Waals surface area contributed by atoms with E-state index in [1.807, 2.05) is 43.4 Å². The third kappa shape index (κ3) is 6.71. The Kier molecular flexibility index (Phi) is 7.42. The molecule has 0 fully saturated rings. The maximum absolute atomic E-state index is 9.47. The lowest BCUT2D eigenvalue weighted by atomic mass is 10.2. The normalized spacial score (nSPS) is 11.2. The summed E-state index contributed by atoms with van der Waals surface area (Å²) in [6.45, 7) is 2.05. The first kappa shape index (κ1) is 20.2. The van der Waals surface area contributed by atoms with Gasteiger partial charge >= 0.3 is 5.13 Å². The van der Waals surface area contributed by atoms with E-state index in [1.165, 1.54) is 5.69 Å². The van der Waals surface area contributed by atoms with Crippen LogP contribution in [0.5, 0.6) is 0 Å². The summed E-state index contributed by atoms with van der Waals surface area (Å²) in [5, 5.41) is 20.3. The van der Waals surface area contributed by atoms with Gasteiger partial charge < -0.3 is 14.5 Å². The van der Waals surface area contributed by atoms with E-state index in [2.05, 4.69) is 38.5 Å². The third-order valence-corrected chi connectivity index (χ3v) is 3.91. The summed E-state index contributed by atoms with van der Waals surface area (Å²) in [6, 6.07) is 6.17. The summed E-state index contributed by atoms with van der Waals surface area (Å²) < 4.78 is 23.5. The molecule has 0 N–H and O–H groups in total. The smallest absolute Gasteiger partial charge is 0.408 e. The molecule has 0 amide bonds. The highest BCUT2D eigenvalue weighted by molar-refractivity contribution is 7.85. The lowest BCUT2D eigenvalue weighted by Gasteiger charge is -2.12. The Hall–Kier alpha value is -1.88. The van der Waals surface area contributed by atoms with E-state index in [4.69, 9.17) is 5.26 Å². The van der Waals surface area contributed by atoms with Crippen LogP contribution in [0.25, 0.3) is 0 Å². The zero-order valence-electron chi connectivity index (χ0n) is 14.1. The van der Waals surface area contributed by atoms with Crippen LogP contribution >= 0.6 is 11.3 Å². The third-order valence-electron chi connectivity index (χ3n) is 2.82. The number of hydrogen-bond acceptors (Lipinski definition) is 8. The van der Waals surface area contributed by atoms with Crippen molar-refractivity contribution in [3.8, 4) is 0 Å². The lowest BCUT2D eigenvalue weighted by molar-refractivity contribution is -0.654. The molecule has 0 spiro atoms. The Bertz CT molecular complexity index is 801. The molecule has 2 rings (SSSR count). The minimum atomic E-state index is -3.72. The van der Waals surface area contributed by atoms with Gasteiger partial charge in [-0.15, -0.1) is 0 Å². The van der Waals surface area contributed by atoms with E-state index in [9.17, 15) is 8.42 Å². The van der Waals surface area contributed by atoms with Crippen molar-refractivity contribution in [1.29, 1.82) is 0 Å². The van der Waals surface area contributed by atoms with Crippen LogP contribution in [0.15, 0.2) is 40.0 Å². The Morgan fingerprint density at radius 1 is 1.29 bits per heavy atom. The molecule has 0 saturated heterocycles. The summed E-state index contributed by atoms with van der Waals surface area (Å²) in [4.78, 5) is 2.08. The molecule has 2 aromatic rings. The fourth-order valence-corrected chi connectivity index (χ4v) is 2.23. The second-order valence-corrected chi connectivity index (χ2v) is 7.55. The second kappa shape index (κ2) is 8.83. The monoisotopic (exact) mass is 372 g/mol. The summed E-state index contributed by atoms with van der Waals surface area (Å²) in [6.07, 6.45) is 2.65. The maximum atomic E-state index is 9.47. The fraction of sp³-hybridized carbons (Fsp3) is 0.357. The quantitative estimate of drug-likeness (QED) is 0.351. The predicted molar refractivity (Wildman–Crippen MR) is 91.1 cm³/mol. The van der Waals surface area contributed by atoms with E-state index >= 15 is 0 Å². The number of benzene rings is 1. The molecule has 0 radical (unpaired) electrons. The van der Waals surface area contributed by atoms with Crippen LogP contribution in [0.1, 0.15) is 5.56 Å². The van der Waals surface area contributed by atoms with Crippen LogP contribution in [0.3, 0.4) is 0 Å². The first-order valence-corrected chi connectivity index (χ1v) is 9.48. The van der Waals surface area contributed by atoms with Crippen molar-refractivity contribution < 1.29 is 22.6 Å². The van der Waals surface area contributed by atoms with Crippen molar-refractivity contribution >= 4 is 38.0 Å². The average Bonchev–Trinajstić information content (AvgIpc) is 2.91. The molecule has 0 aliphatic carbocycles. The lowest BCUT2D eigenvalue weighted by Crippen LogP contribution is -2.23. The molecule has 0 aliphatic rings. The number of azo groups is 1. The van der Waals surface area contributed by atoms with Crippen molar-refractivity contribution in [1.82, 2.24) is 0 Å². The van der Waals surface area contributed by atoms with Crippen LogP contribution < -0.4 is 14.7 Å². The number of thiazole rings is 1. The zero-order chi connectivity index (χ0) is 18.3. The predicted octanol–water partition coefficient (Wildman–Crippen LogP) is 1.60. The minimum Gasteiger partial charge on any atom is -0.707 e. The fourth-order valence-electron chi connectivity index (χ4n) is 1.55. The van der Waals surface area contributed by atoms with Crippen LogP contribution in [0.2, 0.25) is 0 Å². The maximum Gasteiger partial charge on any atom is 0.408 e. The molecule has 1 aromatic carbocycles. The standard InChI is InChI=1S/C13H17N4S.CH4O4S/c1-10-9-11(16(2)3)5-6-12(10)14-15-13-17(4)7-8-18-13;1-6(3,4)5-2/h5-9H,1-4H3;2H,1H3/q+1;/p-1. The van der Waals surface area contributed by atoms with Gasteiger partial charge in [0.2, 0.25) is 0 Å². The molecule has 0 unspecified atom stereocenters. The van der Waals surface area contributed by atoms with Gasteiger partial charge in [0, 0.05) is 25.2 Å². The molecule has 8 nitrogen and oxygen atoms in total. The highest BCUT2D eigenvalue weighted by Gasteiger charge is 2.08. The molecule has 1 aromatic heterocycles. The molecule has 1 heterocycles. The van der Waals surface area contributed by atoms with E-state index < -0.39 is 10.1 Å². The van der Waals surface area contributed by atoms with Gasteiger partial charge in [-0.05, 0) is 47.1 Å². The number of rotatable bonds is 4. The number of anilines is 1. The number of aryl methyl sites for hydroxylation is 2. The summed E-state index contributed by atoms with van der Waals surface area (Å²) in [5.41, 5.74) is 3.21. The van der Waals surface area contributed by atoms with Crippen LogP contribution in [-0.2, 0) is 21.5 Å². The van der Waals surface area contributed by atoms with Gasteiger partial charge in [0.1, 0.15) is 11.9 Å².